The predicted molar refractivity (Wildman–Crippen MR) is 109 cm³/mol. The summed E-state index contributed by atoms with van der Waals surface area (Å²) in [6.45, 7) is 7.51. The van der Waals surface area contributed by atoms with Gasteiger partial charge in [0.15, 0.2) is 5.78 Å². The van der Waals surface area contributed by atoms with E-state index < -0.39 is 16.0 Å². The van der Waals surface area contributed by atoms with Crippen molar-refractivity contribution in [3.8, 4) is 0 Å². The third-order valence-corrected chi connectivity index (χ3v) is 6.79. The molecular formula is C23H24O3S. The first kappa shape index (κ1) is 19.4. The number of carbonyl (C=O) groups is 2. The maximum Gasteiger partial charge on any atom is 0.172 e. The minimum Gasteiger partial charge on any atom is -0.300 e. The van der Waals surface area contributed by atoms with Gasteiger partial charge in [-0.2, -0.15) is 0 Å². The van der Waals surface area contributed by atoms with Gasteiger partial charge in [-0.1, -0.05) is 41.5 Å². The molecule has 1 aliphatic carbocycles. The molecule has 0 amide bonds. The summed E-state index contributed by atoms with van der Waals surface area (Å²) in [5.41, 5.74) is 5.07. The van der Waals surface area contributed by atoms with Gasteiger partial charge in [0.25, 0.3) is 0 Å². The van der Waals surface area contributed by atoms with Gasteiger partial charge in [0.1, 0.15) is 11.0 Å². The Hall–Kier alpha value is -2.33. The number of aryl methyl sites for hydroxylation is 3. The lowest BCUT2D eigenvalue weighted by Gasteiger charge is -2.22. The quantitative estimate of drug-likeness (QED) is 0.775. The molecule has 0 aromatic heterocycles. The van der Waals surface area contributed by atoms with E-state index in [0.29, 0.717) is 4.90 Å². The maximum atomic E-state index is 13.2. The first-order chi connectivity index (χ1) is 12.8. The van der Waals surface area contributed by atoms with Crippen LogP contribution in [0.4, 0.5) is 0 Å². The van der Waals surface area contributed by atoms with Gasteiger partial charge in [0.2, 0.25) is 0 Å². The number of hydrogen-bond acceptors (Lipinski definition) is 3. The van der Waals surface area contributed by atoms with Crippen LogP contribution in [0.15, 0.2) is 53.4 Å². The molecular weight excluding hydrogens is 356 g/mol. The van der Waals surface area contributed by atoms with Crippen LogP contribution in [0.2, 0.25) is 0 Å². The molecule has 27 heavy (non-hydrogen) atoms. The van der Waals surface area contributed by atoms with Crippen molar-refractivity contribution in [3.63, 3.8) is 0 Å². The van der Waals surface area contributed by atoms with Gasteiger partial charge in [0.05, 0.1) is 10.8 Å². The molecule has 0 bridgehead atoms. The lowest BCUT2D eigenvalue weighted by atomic mass is 9.88. The zero-order valence-electron chi connectivity index (χ0n) is 16.1. The van der Waals surface area contributed by atoms with Crippen LogP contribution in [0.1, 0.15) is 35.6 Å². The molecule has 0 radical (unpaired) electrons. The first-order valence-electron chi connectivity index (χ1n) is 9.07. The predicted octanol–water partition coefficient (Wildman–Crippen LogP) is 4.35. The summed E-state index contributed by atoms with van der Waals surface area (Å²) >= 11 is 0. The summed E-state index contributed by atoms with van der Waals surface area (Å²) in [4.78, 5) is 25.4. The highest BCUT2D eigenvalue weighted by molar-refractivity contribution is 7.86. The fourth-order valence-corrected chi connectivity index (χ4v) is 5.24. The van der Waals surface area contributed by atoms with Crippen LogP contribution >= 0.6 is 0 Å². The number of allylic oxidation sites excluding steroid dienone is 2. The lowest BCUT2D eigenvalue weighted by molar-refractivity contribution is -0.117. The van der Waals surface area contributed by atoms with Crippen LogP contribution in [-0.4, -0.2) is 21.0 Å². The summed E-state index contributed by atoms with van der Waals surface area (Å²) in [6.07, 6.45) is 1.81. The molecule has 1 aliphatic rings. The molecule has 0 N–H and O–H groups in total. The van der Waals surface area contributed by atoms with E-state index >= 15 is 0 Å². The molecule has 3 atom stereocenters. The normalized spacial score (nSPS) is 20.4. The fourth-order valence-electron chi connectivity index (χ4n) is 3.72. The average molecular weight is 381 g/mol. The van der Waals surface area contributed by atoms with Crippen molar-refractivity contribution >= 4 is 27.9 Å². The summed E-state index contributed by atoms with van der Waals surface area (Å²) in [6, 6.07) is 13.5. The molecule has 0 unspecified atom stereocenters. The maximum absolute atomic E-state index is 13.2. The molecule has 0 fully saturated rings. The molecule has 140 valence electrons. The van der Waals surface area contributed by atoms with E-state index in [4.69, 9.17) is 0 Å². The number of hydrogen-bond donors (Lipinski definition) is 0. The second-order valence-corrected chi connectivity index (χ2v) is 8.94. The molecule has 2 aromatic carbocycles. The van der Waals surface area contributed by atoms with Crippen LogP contribution in [0.25, 0.3) is 5.57 Å². The topological polar surface area (TPSA) is 51.2 Å². The Bertz CT molecular complexity index is 954. The zero-order valence-corrected chi connectivity index (χ0v) is 16.9. The number of rotatable bonds is 5. The standard InChI is InChI=1S/C23H24O3S/c1-14-5-8-18(9-6-14)27(26)23-21(12-17(4)24)20(13-22(23)25)19-10-7-15(2)11-16(19)3/h5-11,13,21,23H,12H2,1-4H3/t21-,23+,27+/m1/s1. The molecule has 0 heterocycles. The van der Waals surface area contributed by atoms with Crippen LogP contribution in [0.5, 0.6) is 0 Å². The summed E-state index contributed by atoms with van der Waals surface area (Å²) in [5, 5.41) is -0.715. The van der Waals surface area contributed by atoms with Gasteiger partial charge in [-0.05, 0) is 62.6 Å². The number of benzene rings is 2. The van der Waals surface area contributed by atoms with Crippen molar-refractivity contribution in [2.75, 3.05) is 0 Å². The first-order valence-corrected chi connectivity index (χ1v) is 10.3. The van der Waals surface area contributed by atoms with Crippen molar-refractivity contribution in [2.45, 2.75) is 44.3 Å². The third kappa shape index (κ3) is 4.01. The number of carbonyl (C=O) groups excluding carboxylic acids is 2. The Balaban J connectivity index is 2.02. The van der Waals surface area contributed by atoms with E-state index in [1.165, 1.54) is 6.92 Å². The van der Waals surface area contributed by atoms with E-state index in [1.807, 2.05) is 45.0 Å². The monoisotopic (exact) mass is 380 g/mol. The highest BCUT2D eigenvalue weighted by atomic mass is 32.2. The largest absolute Gasteiger partial charge is 0.300 e. The minimum absolute atomic E-state index is 0.00345. The molecule has 3 rings (SSSR count). The third-order valence-electron chi connectivity index (χ3n) is 5.03. The van der Waals surface area contributed by atoms with E-state index in [-0.39, 0.29) is 23.9 Å². The average Bonchev–Trinajstić information content (AvgIpc) is 2.90. The zero-order chi connectivity index (χ0) is 19.7. The fraction of sp³-hybridized carbons (Fsp3) is 0.304. The van der Waals surface area contributed by atoms with E-state index in [0.717, 1.165) is 27.8 Å². The Morgan fingerprint density at radius 2 is 1.63 bits per heavy atom. The molecule has 3 nitrogen and oxygen atoms in total. The van der Waals surface area contributed by atoms with Gasteiger partial charge >= 0.3 is 0 Å². The molecule has 4 heteroatoms. The van der Waals surface area contributed by atoms with E-state index in [1.54, 1.807) is 18.2 Å². The molecule has 0 aliphatic heterocycles. The summed E-state index contributed by atoms with van der Waals surface area (Å²) in [5.74, 6) is -0.523. The Labute approximate surface area is 163 Å². The summed E-state index contributed by atoms with van der Waals surface area (Å²) < 4.78 is 13.2. The Morgan fingerprint density at radius 3 is 2.22 bits per heavy atom. The molecule has 0 saturated carbocycles. The van der Waals surface area contributed by atoms with Crippen LogP contribution < -0.4 is 0 Å². The minimum atomic E-state index is -1.50. The second-order valence-electron chi connectivity index (χ2n) is 7.36. The highest BCUT2D eigenvalue weighted by Crippen LogP contribution is 2.40. The van der Waals surface area contributed by atoms with Crippen LogP contribution in [0, 0.1) is 26.7 Å². The smallest absolute Gasteiger partial charge is 0.172 e. The van der Waals surface area contributed by atoms with Crippen molar-refractivity contribution < 1.29 is 13.8 Å². The van der Waals surface area contributed by atoms with E-state index in [2.05, 4.69) is 6.07 Å². The lowest BCUT2D eigenvalue weighted by Crippen LogP contribution is -2.30. The molecule has 0 saturated heterocycles. The van der Waals surface area contributed by atoms with Gasteiger partial charge in [-0.15, -0.1) is 0 Å². The van der Waals surface area contributed by atoms with Crippen molar-refractivity contribution in [3.05, 3.63) is 70.8 Å². The highest BCUT2D eigenvalue weighted by Gasteiger charge is 2.42. The molecule has 0 spiro atoms. The van der Waals surface area contributed by atoms with Crippen LogP contribution in [-0.2, 0) is 20.4 Å². The number of ketones is 2. The van der Waals surface area contributed by atoms with Crippen LogP contribution in [0.3, 0.4) is 0 Å². The van der Waals surface area contributed by atoms with Gasteiger partial charge in [-0.3, -0.25) is 9.00 Å². The SMILES string of the molecule is CC(=O)C[C@@H]1C(c2ccc(C)cc2C)=CC(=O)[C@H]1[S@@](=O)c1ccc(C)cc1. The Kier molecular flexibility index (Phi) is 5.56. The van der Waals surface area contributed by atoms with Gasteiger partial charge in [0, 0.05) is 17.2 Å². The number of Topliss-reactive ketones (excluding diaryl/α,β-unsaturated/α-hetero) is 1. The van der Waals surface area contributed by atoms with Crippen molar-refractivity contribution in [1.82, 2.24) is 0 Å². The van der Waals surface area contributed by atoms with Gasteiger partial charge in [-0.25, -0.2) is 0 Å². The van der Waals surface area contributed by atoms with Crippen molar-refractivity contribution in [1.29, 1.82) is 0 Å². The van der Waals surface area contributed by atoms with Crippen molar-refractivity contribution in [2.24, 2.45) is 5.92 Å². The molecule has 2 aromatic rings. The Morgan fingerprint density at radius 1 is 1.00 bits per heavy atom. The van der Waals surface area contributed by atoms with E-state index in [9.17, 15) is 13.8 Å². The second kappa shape index (κ2) is 7.73. The van der Waals surface area contributed by atoms with Gasteiger partial charge < -0.3 is 4.79 Å². The summed E-state index contributed by atoms with van der Waals surface area (Å²) in [7, 11) is -1.50.